The van der Waals surface area contributed by atoms with E-state index in [-0.39, 0.29) is 0 Å². The van der Waals surface area contributed by atoms with E-state index in [4.69, 9.17) is 11.8 Å². The van der Waals surface area contributed by atoms with E-state index in [0.717, 1.165) is 6.54 Å². The second kappa shape index (κ2) is 1.86. The molecule has 1 heterocycles. The van der Waals surface area contributed by atoms with E-state index in [1.54, 1.807) is 0 Å². The summed E-state index contributed by atoms with van der Waals surface area (Å²) < 4.78 is 1.98. The van der Waals surface area contributed by atoms with Crippen LogP contribution in [0.5, 0.6) is 0 Å². The van der Waals surface area contributed by atoms with E-state index >= 15 is 0 Å². The van der Waals surface area contributed by atoms with Crippen LogP contribution in [-0.2, 0) is 0 Å². The van der Waals surface area contributed by atoms with E-state index in [2.05, 4.69) is 0 Å². The van der Waals surface area contributed by atoms with E-state index in [0.29, 0.717) is 5.54 Å². The summed E-state index contributed by atoms with van der Waals surface area (Å²) in [5.74, 6) is 0. The number of halogens is 1. The van der Waals surface area contributed by atoms with Gasteiger partial charge in [-0.25, -0.2) is 4.42 Å². The van der Waals surface area contributed by atoms with Crippen molar-refractivity contribution in [3.8, 4) is 0 Å². The average molecular weight is 146 g/mol. The maximum atomic E-state index is 5.85. The van der Waals surface area contributed by atoms with Gasteiger partial charge in [0.15, 0.2) is 0 Å². The van der Waals surface area contributed by atoms with Gasteiger partial charge in [0.25, 0.3) is 0 Å². The van der Waals surface area contributed by atoms with Crippen LogP contribution in [0.1, 0.15) is 32.1 Å². The fourth-order valence-electron chi connectivity index (χ4n) is 1.83. The third kappa shape index (κ3) is 0.870. The summed E-state index contributed by atoms with van der Waals surface area (Å²) in [4.78, 5) is 0. The quantitative estimate of drug-likeness (QED) is 0.373. The van der Waals surface area contributed by atoms with Gasteiger partial charge in [-0.3, -0.25) is 0 Å². The molecule has 2 heteroatoms. The molecule has 2 rings (SSSR count). The van der Waals surface area contributed by atoms with Crippen molar-refractivity contribution in [2.75, 3.05) is 6.54 Å². The largest absolute Gasteiger partial charge is 0.211 e. The van der Waals surface area contributed by atoms with Gasteiger partial charge in [0, 0.05) is 6.54 Å². The van der Waals surface area contributed by atoms with Crippen molar-refractivity contribution < 1.29 is 0 Å². The van der Waals surface area contributed by atoms with Crippen molar-refractivity contribution in [2.24, 2.45) is 0 Å². The minimum Gasteiger partial charge on any atom is -0.211 e. The fraction of sp³-hybridized carbons (Fsp3) is 1.00. The number of hydrogen-bond donors (Lipinski definition) is 0. The van der Waals surface area contributed by atoms with Crippen molar-refractivity contribution >= 4 is 11.8 Å². The maximum Gasteiger partial charge on any atom is 0.0503 e. The normalized spacial score (nSPS) is 39.0. The molecule has 1 aliphatic carbocycles. The molecule has 9 heavy (non-hydrogen) atoms. The molecule has 0 aromatic heterocycles. The highest BCUT2D eigenvalue weighted by Crippen LogP contribution is 2.46. The first-order valence-corrected chi connectivity index (χ1v) is 4.11. The van der Waals surface area contributed by atoms with Gasteiger partial charge in [0.2, 0.25) is 0 Å². The van der Waals surface area contributed by atoms with Crippen LogP contribution in [0.4, 0.5) is 0 Å². The van der Waals surface area contributed by atoms with Crippen molar-refractivity contribution in [3.63, 3.8) is 0 Å². The zero-order chi connectivity index (χ0) is 6.32. The average Bonchev–Trinajstić information content (AvgIpc) is 2.44. The molecular weight excluding hydrogens is 134 g/mol. The standard InChI is InChI=1S/C7H12ClN/c8-9-6-7(9)4-2-1-3-5-7/h1-6H2. The Morgan fingerprint density at radius 1 is 1.11 bits per heavy atom. The highest BCUT2D eigenvalue weighted by Gasteiger charge is 2.51. The molecule has 1 nitrogen and oxygen atoms in total. The molecule has 1 aliphatic heterocycles. The zero-order valence-electron chi connectivity index (χ0n) is 5.57. The third-order valence-corrected chi connectivity index (χ3v) is 3.11. The van der Waals surface area contributed by atoms with Gasteiger partial charge in [-0.1, -0.05) is 19.3 Å². The van der Waals surface area contributed by atoms with Gasteiger partial charge in [-0.05, 0) is 24.6 Å². The van der Waals surface area contributed by atoms with Crippen LogP contribution in [0.3, 0.4) is 0 Å². The first-order valence-electron chi connectivity index (χ1n) is 3.77. The van der Waals surface area contributed by atoms with Crippen LogP contribution in [0, 0.1) is 0 Å². The van der Waals surface area contributed by atoms with Crippen LogP contribution in [-0.4, -0.2) is 16.5 Å². The summed E-state index contributed by atoms with van der Waals surface area (Å²) >= 11 is 5.85. The topological polar surface area (TPSA) is 3.01 Å². The van der Waals surface area contributed by atoms with Gasteiger partial charge in [0.1, 0.15) is 0 Å². The summed E-state index contributed by atoms with van der Waals surface area (Å²) in [5, 5.41) is 0. The molecule has 1 saturated heterocycles. The van der Waals surface area contributed by atoms with Crippen LogP contribution in [0.2, 0.25) is 0 Å². The first kappa shape index (κ1) is 5.99. The minimum atomic E-state index is 0.486. The Hall–Kier alpha value is 0.250. The summed E-state index contributed by atoms with van der Waals surface area (Å²) in [5.41, 5.74) is 0.486. The van der Waals surface area contributed by atoms with Crippen molar-refractivity contribution in [1.29, 1.82) is 0 Å². The Morgan fingerprint density at radius 2 is 1.67 bits per heavy atom. The molecule has 1 unspecified atom stereocenters. The summed E-state index contributed by atoms with van der Waals surface area (Å²) in [6.07, 6.45) is 6.89. The van der Waals surface area contributed by atoms with Crippen LogP contribution in [0.15, 0.2) is 0 Å². The Labute approximate surface area is 61.1 Å². The fourth-order valence-corrected chi connectivity index (χ4v) is 2.23. The molecular formula is C7H12ClN. The lowest BCUT2D eigenvalue weighted by Crippen LogP contribution is -2.18. The van der Waals surface area contributed by atoms with Crippen LogP contribution >= 0.6 is 11.8 Å². The number of nitrogens with zero attached hydrogens (tertiary/aromatic N) is 1. The molecule has 0 bridgehead atoms. The van der Waals surface area contributed by atoms with E-state index < -0.39 is 0 Å². The molecule has 0 amide bonds. The van der Waals surface area contributed by atoms with E-state index in [1.165, 1.54) is 32.1 Å². The van der Waals surface area contributed by atoms with Crippen LogP contribution < -0.4 is 0 Å². The monoisotopic (exact) mass is 145 g/mol. The highest BCUT2D eigenvalue weighted by molar-refractivity contribution is 6.15. The Bertz CT molecular complexity index is 118. The third-order valence-electron chi connectivity index (χ3n) is 2.63. The van der Waals surface area contributed by atoms with Crippen molar-refractivity contribution in [2.45, 2.75) is 37.6 Å². The summed E-state index contributed by atoms with van der Waals surface area (Å²) in [6, 6.07) is 0. The predicted molar refractivity (Wildman–Crippen MR) is 38.4 cm³/mol. The summed E-state index contributed by atoms with van der Waals surface area (Å²) in [6.45, 7) is 1.15. The highest BCUT2D eigenvalue weighted by atomic mass is 35.5. The lowest BCUT2D eigenvalue weighted by molar-refractivity contribution is 0.374. The molecule has 0 aromatic rings. The number of rotatable bonds is 0. The molecule has 1 atom stereocenters. The Balaban J connectivity index is 1.97. The lowest BCUT2D eigenvalue weighted by Gasteiger charge is -2.19. The molecule has 1 saturated carbocycles. The lowest BCUT2D eigenvalue weighted by atomic mass is 9.89. The van der Waals surface area contributed by atoms with Gasteiger partial charge in [0.05, 0.1) is 5.54 Å². The SMILES string of the molecule is ClN1CC12CCCCC2. The first-order chi connectivity index (χ1) is 4.33. The Kier molecular flexibility index (Phi) is 1.24. The second-order valence-electron chi connectivity index (χ2n) is 3.31. The molecule has 0 aromatic carbocycles. The molecule has 2 aliphatic rings. The summed E-state index contributed by atoms with van der Waals surface area (Å²) in [7, 11) is 0. The minimum absolute atomic E-state index is 0.486. The van der Waals surface area contributed by atoms with Gasteiger partial charge in [-0.15, -0.1) is 0 Å². The number of hydrogen-bond acceptors (Lipinski definition) is 1. The molecule has 52 valence electrons. The van der Waals surface area contributed by atoms with E-state index in [1.807, 2.05) is 4.42 Å². The smallest absolute Gasteiger partial charge is 0.0503 e. The van der Waals surface area contributed by atoms with Crippen molar-refractivity contribution in [3.05, 3.63) is 0 Å². The van der Waals surface area contributed by atoms with Gasteiger partial charge < -0.3 is 0 Å². The van der Waals surface area contributed by atoms with Gasteiger partial charge >= 0.3 is 0 Å². The van der Waals surface area contributed by atoms with Crippen LogP contribution in [0.25, 0.3) is 0 Å². The Morgan fingerprint density at radius 3 is 2.00 bits per heavy atom. The second-order valence-corrected chi connectivity index (χ2v) is 3.71. The molecule has 0 N–H and O–H groups in total. The van der Waals surface area contributed by atoms with Crippen molar-refractivity contribution in [1.82, 2.24) is 4.42 Å². The zero-order valence-corrected chi connectivity index (χ0v) is 6.32. The molecule has 0 radical (unpaired) electrons. The van der Waals surface area contributed by atoms with Gasteiger partial charge in [-0.2, -0.15) is 0 Å². The molecule has 2 fully saturated rings. The maximum absolute atomic E-state index is 5.85. The predicted octanol–water partition coefficient (Wildman–Crippen LogP) is 2.16. The van der Waals surface area contributed by atoms with E-state index in [9.17, 15) is 0 Å². The molecule has 1 spiro atoms.